The van der Waals surface area contributed by atoms with Crippen LogP contribution in [-0.2, 0) is 0 Å². The zero-order valence-electron chi connectivity index (χ0n) is 18.3. The van der Waals surface area contributed by atoms with Crippen molar-refractivity contribution < 1.29 is 4.79 Å². The Hall–Kier alpha value is -4.11. The number of imidazole rings is 1. The van der Waals surface area contributed by atoms with E-state index in [-0.39, 0.29) is 5.91 Å². The lowest BCUT2D eigenvalue weighted by molar-refractivity contribution is 0.102. The average molecular weight is 456 g/mol. The molecule has 0 saturated carbocycles. The second-order valence-electron chi connectivity index (χ2n) is 7.77. The van der Waals surface area contributed by atoms with Gasteiger partial charge in [-0.1, -0.05) is 6.07 Å². The van der Waals surface area contributed by atoms with Crippen molar-refractivity contribution in [3.63, 3.8) is 0 Å². The largest absolute Gasteiger partial charge is 0.338 e. The first-order valence-corrected chi connectivity index (χ1v) is 11.2. The molecule has 9 heteroatoms. The van der Waals surface area contributed by atoms with E-state index in [0.717, 1.165) is 33.8 Å². The topological polar surface area (TPSA) is 108 Å². The number of anilines is 3. The molecule has 1 amide bonds. The van der Waals surface area contributed by atoms with Gasteiger partial charge in [0.1, 0.15) is 11.5 Å². The maximum atomic E-state index is 12.6. The predicted octanol–water partition coefficient (Wildman–Crippen LogP) is 5.40. The quantitative estimate of drug-likeness (QED) is 0.328. The number of H-pyrrole nitrogens is 1. The van der Waals surface area contributed by atoms with Crippen molar-refractivity contribution in [2.24, 2.45) is 0 Å². The highest BCUT2D eigenvalue weighted by Gasteiger charge is 2.13. The van der Waals surface area contributed by atoms with E-state index in [9.17, 15) is 4.79 Å². The van der Waals surface area contributed by atoms with Gasteiger partial charge in [-0.2, -0.15) is 0 Å². The number of aromatic nitrogens is 5. The van der Waals surface area contributed by atoms with E-state index in [2.05, 4.69) is 48.5 Å². The number of benzene rings is 2. The number of amides is 1. The Morgan fingerprint density at radius 3 is 2.42 bits per heavy atom. The molecule has 3 heterocycles. The molecule has 3 N–H and O–H groups in total. The van der Waals surface area contributed by atoms with Crippen LogP contribution in [0.15, 0.2) is 53.9 Å². The standard InChI is InChI=1S/C24H21N7OS/c1-13-4-9-18-19(10-13)29-21(28-18)16-5-7-17(8-6-16)27-22(32)20-12-33-24(30-20)31-23-25-14(2)11-15(3)26-23/h4-12H,1-3H3,(H,27,32)(H,28,29)(H,25,26,30,31). The second kappa shape index (κ2) is 8.44. The molecule has 0 aliphatic rings. The van der Waals surface area contributed by atoms with Crippen LogP contribution < -0.4 is 10.6 Å². The van der Waals surface area contributed by atoms with Crippen LogP contribution >= 0.6 is 11.3 Å². The summed E-state index contributed by atoms with van der Waals surface area (Å²) in [5.41, 5.74) is 6.77. The van der Waals surface area contributed by atoms with Gasteiger partial charge >= 0.3 is 0 Å². The lowest BCUT2D eigenvalue weighted by atomic mass is 10.2. The van der Waals surface area contributed by atoms with Crippen molar-refractivity contribution in [2.45, 2.75) is 20.8 Å². The molecule has 8 nitrogen and oxygen atoms in total. The molecule has 0 saturated heterocycles. The Kier molecular flexibility index (Phi) is 5.31. The first kappa shape index (κ1) is 20.8. The lowest BCUT2D eigenvalue weighted by Gasteiger charge is -2.05. The zero-order valence-corrected chi connectivity index (χ0v) is 19.1. The minimum Gasteiger partial charge on any atom is -0.338 e. The normalized spacial score (nSPS) is 11.0. The van der Waals surface area contributed by atoms with Gasteiger partial charge in [0, 0.05) is 28.0 Å². The zero-order chi connectivity index (χ0) is 22.9. The van der Waals surface area contributed by atoms with Crippen LogP contribution in [0.3, 0.4) is 0 Å². The Bertz CT molecular complexity index is 1450. The van der Waals surface area contributed by atoms with Crippen LogP contribution in [0.25, 0.3) is 22.4 Å². The number of nitrogens with zero attached hydrogens (tertiary/aromatic N) is 4. The summed E-state index contributed by atoms with van der Waals surface area (Å²) in [5.74, 6) is 0.968. The molecule has 0 radical (unpaired) electrons. The number of rotatable bonds is 5. The van der Waals surface area contributed by atoms with Gasteiger partial charge in [-0.25, -0.2) is 19.9 Å². The average Bonchev–Trinajstić information content (AvgIpc) is 3.40. The second-order valence-corrected chi connectivity index (χ2v) is 8.63. The van der Waals surface area contributed by atoms with E-state index < -0.39 is 0 Å². The van der Waals surface area contributed by atoms with Crippen LogP contribution in [0.1, 0.15) is 27.4 Å². The van der Waals surface area contributed by atoms with Gasteiger partial charge in [0.25, 0.3) is 5.91 Å². The highest BCUT2D eigenvalue weighted by Crippen LogP contribution is 2.24. The molecule has 5 aromatic rings. The molecule has 164 valence electrons. The summed E-state index contributed by atoms with van der Waals surface area (Å²) in [6, 6.07) is 15.6. The molecule has 0 aliphatic carbocycles. The lowest BCUT2D eigenvalue weighted by Crippen LogP contribution is -2.12. The molecule has 2 aromatic carbocycles. The number of carbonyl (C=O) groups is 1. The van der Waals surface area contributed by atoms with Gasteiger partial charge in [0.05, 0.1) is 11.0 Å². The van der Waals surface area contributed by atoms with Crippen LogP contribution in [0, 0.1) is 20.8 Å². The van der Waals surface area contributed by atoms with Crippen molar-refractivity contribution in [1.29, 1.82) is 0 Å². The summed E-state index contributed by atoms with van der Waals surface area (Å²) in [6.07, 6.45) is 0. The van der Waals surface area contributed by atoms with Crippen LogP contribution in [0.2, 0.25) is 0 Å². The summed E-state index contributed by atoms with van der Waals surface area (Å²) >= 11 is 1.32. The smallest absolute Gasteiger partial charge is 0.275 e. The molecule has 0 atom stereocenters. The molecule has 0 unspecified atom stereocenters. The highest BCUT2D eigenvalue weighted by molar-refractivity contribution is 7.14. The number of fused-ring (bicyclic) bond motifs is 1. The third-order valence-electron chi connectivity index (χ3n) is 4.99. The minimum atomic E-state index is -0.285. The number of aryl methyl sites for hydroxylation is 3. The van der Waals surface area contributed by atoms with Crippen molar-refractivity contribution in [1.82, 2.24) is 24.9 Å². The first-order valence-electron chi connectivity index (χ1n) is 10.4. The van der Waals surface area contributed by atoms with Crippen molar-refractivity contribution in [2.75, 3.05) is 10.6 Å². The van der Waals surface area contributed by atoms with E-state index in [1.807, 2.05) is 56.3 Å². The summed E-state index contributed by atoms with van der Waals surface area (Å²) in [5, 5.41) is 8.20. The molecular formula is C24H21N7OS. The highest BCUT2D eigenvalue weighted by atomic mass is 32.1. The number of carbonyl (C=O) groups excluding carboxylic acids is 1. The monoisotopic (exact) mass is 455 g/mol. The Morgan fingerprint density at radius 2 is 1.67 bits per heavy atom. The predicted molar refractivity (Wildman–Crippen MR) is 131 cm³/mol. The van der Waals surface area contributed by atoms with Crippen LogP contribution in [0.4, 0.5) is 16.8 Å². The fraction of sp³-hybridized carbons (Fsp3) is 0.125. The number of hydrogen-bond acceptors (Lipinski definition) is 7. The minimum absolute atomic E-state index is 0.285. The van der Waals surface area contributed by atoms with E-state index in [1.54, 1.807) is 5.38 Å². The summed E-state index contributed by atoms with van der Waals surface area (Å²) in [6.45, 7) is 5.86. The number of nitrogens with one attached hydrogen (secondary N) is 3. The van der Waals surface area contributed by atoms with Gasteiger partial charge in [0.2, 0.25) is 5.95 Å². The van der Waals surface area contributed by atoms with Crippen molar-refractivity contribution >= 4 is 45.0 Å². The molecule has 0 aliphatic heterocycles. The van der Waals surface area contributed by atoms with Gasteiger partial charge < -0.3 is 15.6 Å². The molecule has 0 bridgehead atoms. The Labute approximate surface area is 194 Å². The van der Waals surface area contributed by atoms with Gasteiger partial charge in [0.15, 0.2) is 5.13 Å². The fourth-order valence-electron chi connectivity index (χ4n) is 3.48. The van der Waals surface area contributed by atoms with Gasteiger partial charge in [-0.15, -0.1) is 11.3 Å². The van der Waals surface area contributed by atoms with E-state index in [4.69, 9.17) is 0 Å². The fourth-order valence-corrected chi connectivity index (χ4v) is 4.16. The van der Waals surface area contributed by atoms with Gasteiger partial charge in [-0.05, 0) is 68.8 Å². The molecule has 3 aromatic heterocycles. The maximum Gasteiger partial charge on any atom is 0.275 e. The van der Waals surface area contributed by atoms with E-state index in [0.29, 0.717) is 22.5 Å². The van der Waals surface area contributed by atoms with Crippen LogP contribution in [-0.4, -0.2) is 30.8 Å². The molecule has 0 fully saturated rings. The van der Waals surface area contributed by atoms with E-state index in [1.165, 1.54) is 16.9 Å². The SMILES string of the molecule is Cc1ccc2nc(-c3ccc(NC(=O)c4csc(Nc5nc(C)cc(C)n5)n4)cc3)[nH]c2c1. The molecule has 5 rings (SSSR count). The number of hydrogen-bond donors (Lipinski definition) is 3. The first-order chi connectivity index (χ1) is 15.9. The molecular weight excluding hydrogens is 434 g/mol. The third-order valence-corrected chi connectivity index (χ3v) is 5.75. The number of aromatic amines is 1. The van der Waals surface area contributed by atoms with Crippen molar-refractivity contribution in [3.05, 3.63) is 76.6 Å². The summed E-state index contributed by atoms with van der Waals surface area (Å²) in [7, 11) is 0. The van der Waals surface area contributed by atoms with Crippen LogP contribution in [0.5, 0.6) is 0 Å². The summed E-state index contributed by atoms with van der Waals surface area (Å²) in [4.78, 5) is 33.7. The molecule has 33 heavy (non-hydrogen) atoms. The van der Waals surface area contributed by atoms with Gasteiger partial charge in [-0.3, -0.25) is 4.79 Å². The van der Waals surface area contributed by atoms with Crippen molar-refractivity contribution in [3.8, 4) is 11.4 Å². The number of thiazole rings is 1. The Morgan fingerprint density at radius 1 is 0.909 bits per heavy atom. The molecule has 0 spiro atoms. The third kappa shape index (κ3) is 4.58. The summed E-state index contributed by atoms with van der Waals surface area (Å²) < 4.78 is 0. The maximum absolute atomic E-state index is 12.6. The Balaban J connectivity index is 1.27. The van der Waals surface area contributed by atoms with E-state index >= 15 is 0 Å².